The molecular weight excluding hydrogens is 302 g/mol. The van der Waals surface area contributed by atoms with Gasteiger partial charge in [-0.1, -0.05) is 17.7 Å². The summed E-state index contributed by atoms with van der Waals surface area (Å²) in [6.45, 7) is 6.16. The molecule has 0 aromatic heterocycles. The Morgan fingerprint density at radius 1 is 1.43 bits per heavy atom. The lowest BCUT2D eigenvalue weighted by Gasteiger charge is -2.30. The fourth-order valence-corrected chi connectivity index (χ4v) is 3.68. The third-order valence-electron chi connectivity index (χ3n) is 3.88. The Morgan fingerprint density at radius 2 is 2.14 bits per heavy atom. The fourth-order valence-electron chi connectivity index (χ4n) is 2.97. The highest BCUT2D eigenvalue weighted by Gasteiger charge is 2.27. The zero-order valence-electron chi connectivity index (χ0n) is 13.2. The number of nitrogens with zero attached hydrogens (tertiary/aromatic N) is 2. The van der Waals surface area contributed by atoms with Gasteiger partial charge >= 0.3 is 0 Å². The number of aryl methyl sites for hydroxylation is 2. The molecule has 5 heteroatoms. The predicted molar refractivity (Wildman–Crippen MR) is 95.4 cm³/mol. The third-order valence-corrected chi connectivity index (χ3v) is 4.51. The van der Waals surface area contributed by atoms with Crippen molar-refractivity contribution in [3.63, 3.8) is 0 Å². The van der Waals surface area contributed by atoms with Crippen LogP contribution in [0.2, 0.25) is 5.02 Å². The molecule has 1 aromatic rings. The van der Waals surface area contributed by atoms with Crippen LogP contribution in [0.1, 0.15) is 24.0 Å². The molecule has 0 aliphatic carbocycles. The molecule has 0 saturated carbocycles. The molecule has 1 atom stereocenters. The van der Waals surface area contributed by atoms with Crippen LogP contribution < -0.4 is 5.32 Å². The van der Waals surface area contributed by atoms with Crippen LogP contribution in [0.4, 0.5) is 5.69 Å². The molecular formula is C16H24ClN3S. The first-order valence-electron chi connectivity index (χ1n) is 7.37. The molecule has 21 heavy (non-hydrogen) atoms. The molecule has 1 aromatic carbocycles. The first kappa shape index (κ1) is 16.5. The Balaban J connectivity index is 2.11. The van der Waals surface area contributed by atoms with E-state index in [0.29, 0.717) is 6.04 Å². The molecule has 1 saturated heterocycles. The van der Waals surface area contributed by atoms with Gasteiger partial charge in [0, 0.05) is 19.1 Å². The second-order valence-electron chi connectivity index (χ2n) is 6.12. The van der Waals surface area contributed by atoms with E-state index in [1.165, 1.54) is 18.4 Å². The normalized spacial score (nSPS) is 18.4. The van der Waals surface area contributed by atoms with Gasteiger partial charge in [-0.15, -0.1) is 0 Å². The lowest BCUT2D eigenvalue weighted by Crippen LogP contribution is -2.43. The maximum atomic E-state index is 6.36. The van der Waals surface area contributed by atoms with Crippen molar-refractivity contribution in [1.29, 1.82) is 0 Å². The van der Waals surface area contributed by atoms with Crippen LogP contribution in [-0.2, 0) is 0 Å². The zero-order valence-corrected chi connectivity index (χ0v) is 14.8. The summed E-state index contributed by atoms with van der Waals surface area (Å²) < 4.78 is 0. The summed E-state index contributed by atoms with van der Waals surface area (Å²) in [5.41, 5.74) is 3.23. The summed E-state index contributed by atoms with van der Waals surface area (Å²) in [4.78, 5) is 4.51. The van der Waals surface area contributed by atoms with Crippen molar-refractivity contribution < 1.29 is 0 Å². The van der Waals surface area contributed by atoms with Crippen molar-refractivity contribution in [1.82, 2.24) is 9.80 Å². The van der Waals surface area contributed by atoms with Crippen LogP contribution in [0.15, 0.2) is 12.1 Å². The first-order chi connectivity index (χ1) is 9.88. The number of thiocarbonyl (C=S) groups is 1. The molecule has 1 heterocycles. The second-order valence-corrected chi connectivity index (χ2v) is 6.91. The van der Waals surface area contributed by atoms with E-state index >= 15 is 0 Å². The highest BCUT2D eigenvalue weighted by molar-refractivity contribution is 7.80. The minimum absolute atomic E-state index is 0.490. The highest BCUT2D eigenvalue weighted by Crippen LogP contribution is 2.28. The number of benzene rings is 1. The molecule has 0 amide bonds. The summed E-state index contributed by atoms with van der Waals surface area (Å²) in [6.07, 6.45) is 2.39. The van der Waals surface area contributed by atoms with Crippen molar-refractivity contribution in [3.05, 3.63) is 28.3 Å². The van der Waals surface area contributed by atoms with Gasteiger partial charge in [-0.3, -0.25) is 0 Å². The van der Waals surface area contributed by atoms with E-state index in [9.17, 15) is 0 Å². The number of hydrogen-bond donors (Lipinski definition) is 1. The van der Waals surface area contributed by atoms with Gasteiger partial charge in [0.1, 0.15) is 0 Å². The van der Waals surface area contributed by atoms with E-state index in [4.69, 9.17) is 23.8 Å². The largest absolute Gasteiger partial charge is 0.345 e. The van der Waals surface area contributed by atoms with E-state index in [0.717, 1.165) is 34.5 Å². The quantitative estimate of drug-likeness (QED) is 0.854. The Hall–Kier alpha value is -0.840. The van der Waals surface area contributed by atoms with Gasteiger partial charge in [-0.25, -0.2) is 0 Å². The van der Waals surface area contributed by atoms with Gasteiger partial charge in [0.2, 0.25) is 0 Å². The van der Waals surface area contributed by atoms with Crippen LogP contribution in [0.3, 0.4) is 0 Å². The topological polar surface area (TPSA) is 18.5 Å². The maximum Gasteiger partial charge on any atom is 0.173 e. The predicted octanol–water partition coefficient (Wildman–Crippen LogP) is 3.68. The van der Waals surface area contributed by atoms with Crippen LogP contribution in [-0.4, -0.2) is 48.1 Å². The molecule has 1 fully saturated rings. The molecule has 0 radical (unpaired) electrons. The molecule has 0 spiro atoms. The molecule has 0 bridgehead atoms. The Morgan fingerprint density at radius 3 is 2.76 bits per heavy atom. The van der Waals surface area contributed by atoms with Crippen LogP contribution in [0.25, 0.3) is 0 Å². The van der Waals surface area contributed by atoms with Crippen molar-refractivity contribution in [2.45, 2.75) is 32.7 Å². The molecule has 3 nitrogen and oxygen atoms in total. The van der Waals surface area contributed by atoms with E-state index in [-0.39, 0.29) is 0 Å². The molecule has 116 valence electrons. The van der Waals surface area contributed by atoms with Crippen LogP contribution in [0, 0.1) is 13.8 Å². The monoisotopic (exact) mass is 325 g/mol. The summed E-state index contributed by atoms with van der Waals surface area (Å²) in [5, 5.41) is 4.88. The minimum atomic E-state index is 0.490. The molecule has 1 aliphatic heterocycles. The third kappa shape index (κ3) is 4.09. The number of halogens is 1. The van der Waals surface area contributed by atoms with Gasteiger partial charge in [-0.2, -0.15) is 0 Å². The van der Waals surface area contributed by atoms with Crippen LogP contribution >= 0.6 is 23.8 Å². The highest BCUT2D eigenvalue weighted by atomic mass is 35.5. The van der Waals surface area contributed by atoms with Gasteiger partial charge in [-0.05, 0) is 70.2 Å². The van der Waals surface area contributed by atoms with E-state index in [2.05, 4.69) is 49.1 Å². The van der Waals surface area contributed by atoms with Crippen molar-refractivity contribution in [3.8, 4) is 0 Å². The maximum absolute atomic E-state index is 6.36. The molecule has 1 unspecified atom stereocenters. The van der Waals surface area contributed by atoms with E-state index in [1.807, 2.05) is 6.07 Å². The van der Waals surface area contributed by atoms with E-state index < -0.39 is 0 Å². The number of rotatable bonds is 3. The lowest BCUT2D eigenvalue weighted by atomic mass is 10.1. The number of likely N-dealkylation sites (N-methyl/N-ethyl adjacent to an activating group) is 1. The average molecular weight is 326 g/mol. The van der Waals surface area contributed by atoms with Crippen LogP contribution in [0.5, 0.6) is 0 Å². The Bertz CT molecular complexity index is 507. The number of nitrogens with one attached hydrogen (secondary N) is 1. The molecule has 1 N–H and O–H groups in total. The summed E-state index contributed by atoms with van der Waals surface area (Å²) >= 11 is 12.0. The number of likely N-dealkylation sites (tertiary alicyclic amines) is 1. The zero-order chi connectivity index (χ0) is 15.6. The smallest absolute Gasteiger partial charge is 0.173 e. The first-order valence-corrected chi connectivity index (χ1v) is 8.16. The number of anilines is 1. The van der Waals surface area contributed by atoms with Gasteiger partial charge < -0.3 is 15.1 Å². The summed E-state index contributed by atoms with van der Waals surface area (Å²) in [7, 11) is 4.21. The van der Waals surface area contributed by atoms with Gasteiger partial charge in [0.25, 0.3) is 0 Å². The minimum Gasteiger partial charge on any atom is -0.345 e. The Labute approximate surface area is 138 Å². The second kappa shape index (κ2) is 6.95. The summed E-state index contributed by atoms with van der Waals surface area (Å²) in [6, 6.07) is 4.59. The number of hydrogen-bond acceptors (Lipinski definition) is 2. The SMILES string of the molecule is Cc1cc(C)c(NC(=S)N2CCCC2CN(C)C)c(Cl)c1. The molecule has 2 rings (SSSR count). The average Bonchev–Trinajstić information content (AvgIpc) is 2.80. The van der Waals surface area contributed by atoms with Crippen molar-refractivity contribution >= 4 is 34.6 Å². The van der Waals surface area contributed by atoms with Crippen molar-refractivity contribution in [2.75, 3.05) is 32.5 Å². The van der Waals surface area contributed by atoms with Crippen molar-refractivity contribution in [2.24, 2.45) is 0 Å². The van der Waals surface area contributed by atoms with Gasteiger partial charge in [0.05, 0.1) is 10.7 Å². The Kier molecular flexibility index (Phi) is 5.47. The standard InChI is InChI=1S/C16H24ClN3S/c1-11-8-12(2)15(14(17)9-11)18-16(21)20-7-5-6-13(20)10-19(3)4/h8-9,13H,5-7,10H2,1-4H3,(H,18,21). The van der Waals surface area contributed by atoms with E-state index in [1.54, 1.807) is 0 Å². The fraction of sp³-hybridized carbons (Fsp3) is 0.562. The molecule has 1 aliphatic rings. The summed E-state index contributed by atoms with van der Waals surface area (Å²) in [5.74, 6) is 0. The lowest BCUT2D eigenvalue weighted by molar-refractivity contribution is 0.288. The van der Waals surface area contributed by atoms with Gasteiger partial charge in [0.15, 0.2) is 5.11 Å².